The summed E-state index contributed by atoms with van der Waals surface area (Å²) in [6.45, 7) is 4.00. The molecule has 0 saturated heterocycles. The molecular formula is C27H19ClN4O. The van der Waals surface area contributed by atoms with E-state index < -0.39 is 0 Å². The number of benzene rings is 3. The van der Waals surface area contributed by atoms with E-state index in [9.17, 15) is 10.1 Å². The van der Waals surface area contributed by atoms with Crippen molar-refractivity contribution >= 4 is 40.2 Å². The molecule has 5 rings (SSSR count). The molecule has 0 atom stereocenters. The first-order valence-corrected chi connectivity index (χ1v) is 10.8. The first-order valence-electron chi connectivity index (χ1n) is 10.4. The van der Waals surface area contributed by atoms with Crippen LogP contribution in [0.2, 0.25) is 5.02 Å². The molecule has 0 fully saturated rings. The number of fused-ring (bicyclic) bond motifs is 3. The summed E-state index contributed by atoms with van der Waals surface area (Å²) in [7, 11) is 0. The van der Waals surface area contributed by atoms with E-state index in [-0.39, 0.29) is 5.56 Å². The summed E-state index contributed by atoms with van der Waals surface area (Å²) in [4.78, 5) is 18.6. The van der Waals surface area contributed by atoms with Crippen molar-refractivity contribution in [3.8, 4) is 17.2 Å². The Labute approximate surface area is 195 Å². The van der Waals surface area contributed by atoms with Crippen molar-refractivity contribution in [1.29, 1.82) is 5.26 Å². The molecule has 0 aliphatic heterocycles. The number of nitrogens with one attached hydrogen (secondary N) is 1. The third-order valence-electron chi connectivity index (χ3n) is 5.85. The van der Waals surface area contributed by atoms with Crippen LogP contribution in [0, 0.1) is 25.2 Å². The van der Waals surface area contributed by atoms with E-state index in [4.69, 9.17) is 16.6 Å². The number of rotatable bonds is 3. The quantitative estimate of drug-likeness (QED) is 0.409. The van der Waals surface area contributed by atoms with Crippen molar-refractivity contribution < 1.29 is 0 Å². The van der Waals surface area contributed by atoms with Gasteiger partial charge in [-0.05, 0) is 66.9 Å². The molecule has 0 amide bonds. The Bertz CT molecular complexity index is 1680. The Morgan fingerprint density at radius 1 is 1.03 bits per heavy atom. The third-order valence-corrected chi connectivity index (χ3v) is 6.10. The molecule has 2 aromatic heterocycles. The van der Waals surface area contributed by atoms with Gasteiger partial charge in [-0.1, -0.05) is 41.9 Å². The van der Waals surface area contributed by atoms with Gasteiger partial charge in [0.05, 0.1) is 16.3 Å². The van der Waals surface area contributed by atoms with Gasteiger partial charge in [0.1, 0.15) is 11.6 Å². The second kappa shape index (κ2) is 8.09. The maximum absolute atomic E-state index is 13.9. The molecule has 5 nitrogen and oxygen atoms in total. The maximum Gasteiger partial charge on any atom is 0.266 e. The van der Waals surface area contributed by atoms with Crippen molar-refractivity contribution in [3.63, 3.8) is 0 Å². The fraction of sp³-hybridized carbons (Fsp3) is 0.0741. The summed E-state index contributed by atoms with van der Waals surface area (Å²) in [6.07, 6.45) is 1.65. The van der Waals surface area contributed by atoms with Crippen molar-refractivity contribution in [3.05, 3.63) is 104 Å². The van der Waals surface area contributed by atoms with E-state index in [1.165, 1.54) is 0 Å². The fourth-order valence-electron chi connectivity index (χ4n) is 4.03. The van der Waals surface area contributed by atoms with Gasteiger partial charge in [0.2, 0.25) is 0 Å². The number of anilines is 1. The first-order chi connectivity index (χ1) is 16.0. The lowest BCUT2D eigenvalue weighted by molar-refractivity contribution is 1.12. The average Bonchev–Trinajstić information content (AvgIpc) is 3.18. The summed E-state index contributed by atoms with van der Waals surface area (Å²) in [6, 6.07) is 22.9. The highest BCUT2D eigenvalue weighted by atomic mass is 35.5. The lowest BCUT2D eigenvalue weighted by atomic mass is 9.99. The fourth-order valence-corrected chi connectivity index (χ4v) is 4.15. The zero-order valence-electron chi connectivity index (χ0n) is 18.1. The zero-order valence-corrected chi connectivity index (χ0v) is 18.8. The monoisotopic (exact) mass is 450 g/mol. The van der Waals surface area contributed by atoms with Crippen LogP contribution >= 0.6 is 11.6 Å². The van der Waals surface area contributed by atoms with Crippen LogP contribution < -0.4 is 16.1 Å². The largest absolute Gasteiger partial charge is 0.361 e. The van der Waals surface area contributed by atoms with Crippen LogP contribution in [-0.4, -0.2) is 9.38 Å². The number of pyridine rings is 1. The Kier molecular flexibility index (Phi) is 5.08. The predicted molar refractivity (Wildman–Crippen MR) is 133 cm³/mol. The Hall–Kier alpha value is -4.14. The standard InChI is InChI=1S/C27H19ClN4O/c1-16-12-23-24(13-17(16)2)32-26(31-23)21(14-29)25(18-6-4-3-5-7-18)22(27(32)33)15-30-20-10-8-19(28)9-11-20/h3-13,15,30H,1-2H3/b22-15+. The van der Waals surface area contributed by atoms with Gasteiger partial charge < -0.3 is 5.32 Å². The van der Waals surface area contributed by atoms with E-state index >= 15 is 0 Å². The molecule has 0 unspecified atom stereocenters. The van der Waals surface area contributed by atoms with Crippen LogP contribution in [0.4, 0.5) is 5.69 Å². The van der Waals surface area contributed by atoms with Gasteiger partial charge in [-0.2, -0.15) is 5.26 Å². The molecule has 0 aliphatic carbocycles. The molecule has 0 bridgehead atoms. The number of halogens is 1. The van der Waals surface area contributed by atoms with Crippen LogP contribution in [0.15, 0.2) is 71.5 Å². The van der Waals surface area contributed by atoms with E-state index in [1.807, 2.05) is 68.4 Å². The number of aryl methyl sites for hydroxylation is 2. The minimum atomic E-state index is -0.241. The van der Waals surface area contributed by atoms with Crippen molar-refractivity contribution in [1.82, 2.24) is 9.38 Å². The number of aromatic nitrogens is 2. The predicted octanol–water partition coefficient (Wildman–Crippen LogP) is 5.23. The second-order valence-electron chi connectivity index (χ2n) is 7.94. The highest BCUT2D eigenvalue weighted by Crippen LogP contribution is 2.26. The van der Waals surface area contributed by atoms with Crippen LogP contribution in [0.3, 0.4) is 0 Å². The minimum Gasteiger partial charge on any atom is -0.361 e. The van der Waals surface area contributed by atoms with Gasteiger partial charge in [0, 0.05) is 22.5 Å². The van der Waals surface area contributed by atoms with Gasteiger partial charge >= 0.3 is 0 Å². The smallest absolute Gasteiger partial charge is 0.266 e. The SMILES string of the molecule is Cc1cc2nc3c(C#N)c(-c4ccccc4)/c(=C\Nc4ccc(Cl)cc4)c(=O)n3c2cc1C. The zero-order chi connectivity index (χ0) is 23.1. The molecule has 33 heavy (non-hydrogen) atoms. The lowest BCUT2D eigenvalue weighted by Crippen LogP contribution is -2.34. The summed E-state index contributed by atoms with van der Waals surface area (Å²) in [5, 5.41) is 14.4. The molecule has 0 spiro atoms. The maximum atomic E-state index is 13.9. The van der Waals surface area contributed by atoms with Crippen LogP contribution in [0.1, 0.15) is 16.7 Å². The Morgan fingerprint density at radius 3 is 2.42 bits per heavy atom. The van der Waals surface area contributed by atoms with E-state index in [0.29, 0.717) is 38.0 Å². The Morgan fingerprint density at radius 2 is 1.73 bits per heavy atom. The highest BCUT2D eigenvalue weighted by Gasteiger charge is 2.20. The summed E-state index contributed by atoms with van der Waals surface area (Å²) < 4.78 is 1.54. The number of hydrogen-bond acceptors (Lipinski definition) is 4. The number of hydrogen-bond donors (Lipinski definition) is 1. The van der Waals surface area contributed by atoms with E-state index in [2.05, 4.69) is 11.4 Å². The highest BCUT2D eigenvalue weighted by molar-refractivity contribution is 6.30. The molecule has 5 aromatic rings. The molecule has 0 radical (unpaired) electrons. The van der Waals surface area contributed by atoms with Gasteiger partial charge in [-0.15, -0.1) is 0 Å². The van der Waals surface area contributed by atoms with Crippen LogP contribution in [-0.2, 0) is 0 Å². The number of nitrogens with zero attached hydrogens (tertiary/aromatic N) is 3. The normalized spacial score (nSPS) is 11.8. The Balaban J connectivity index is 1.91. The molecule has 6 heteroatoms. The summed E-state index contributed by atoms with van der Waals surface area (Å²) in [5.74, 6) is 0. The van der Waals surface area contributed by atoms with E-state index in [1.54, 1.807) is 22.7 Å². The van der Waals surface area contributed by atoms with Gasteiger partial charge in [-0.25, -0.2) is 4.98 Å². The molecular weight excluding hydrogens is 432 g/mol. The second-order valence-corrected chi connectivity index (χ2v) is 8.37. The molecule has 2 heterocycles. The minimum absolute atomic E-state index is 0.241. The van der Waals surface area contributed by atoms with Gasteiger partial charge in [0.25, 0.3) is 5.56 Å². The number of imidazole rings is 1. The summed E-state index contributed by atoms with van der Waals surface area (Å²) in [5.41, 5.74) is 6.10. The van der Waals surface area contributed by atoms with Gasteiger partial charge in [-0.3, -0.25) is 9.20 Å². The molecule has 3 aromatic carbocycles. The molecule has 1 N–H and O–H groups in total. The molecule has 160 valence electrons. The van der Waals surface area contributed by atoms with E-state index in [0.717, 1.165) is 22.4 Å². The lowest BCUT2D eigenvalue weighted by Gasteiger charge is -2.09. The topological polar surface area (TPSA) is 70.2 Å². The molecule has 0 aliphatic rings. The van der Waals surface area contributed by atoms with Gasteiger partial charge in [0.15, 0.2) is 5.65 Å². The summed E-state index contributed by atoms with van der Waals surface area (Å²) >= 11 is 6.00. The van der Waals surface area contributed by atoms with Crippen molar-refractivity contribution in [2.24, 2.45) is 0 Å². The van der Waals surface area contributed by atoms with Crippen LogP contribution in [0.25, 0.3) is 34.0 Å². The van der Waals surface area contributed by atoms with Crippen LogP contribution in [0.5, 0.6) is 0 Å². The van der Waals surface area contributed by atoms with Crippen molar-refractivity contribution in [2.75, 3.05) is 5.32 Å². The first kappa shape index (κ1) is 20.7. The third kappa shape index (κ3) is 3.51. The number of nitriles is 1. The molecule has 0 saturated carbocycles. The van der Waals surface area contributed by atoms with Crippen molar-refractivity contribution in [2.45, 2.75) is 13.8 Å². The average molecular weight is 451 g/mol.